The van der Waals surface area contributed by atoms with Crippen LogP contribution in [0.3, 0.4) is 0 Å². The third-order valence-electron chi connectivity index (χ3n) is 5.11. The van der Waals surface area contributed by atoms with E-state index in [1.807, 2.05) is 17.0 Å². The zero-order valence-electron chi connectivity index (χ0n) is 14.5. The van der Waals surface area contributed by atoms with Crippen molar-refractivity contribution in [3.8, 4) is 0 Å². The molecule has 0 unspecified atom stereocenters. The van der Waals surface area contributed by atoms with Crippen molar-refractivity contribution in [1.29, 1.82) is 0 Å². The fourth-order valence-corrected chi connectivity index (χ4v) is 3.61. The molecule has 1 saturated carbocycles. The van der Waals surface area contributed by atoms with Crippen LogP contribution in [0.2, 0.25) is 0 Å². The van der Waals surface area contributed by atoms with Crippen LogP contribution < -0.4 is 5.32 Å². The number of benzene rings is 1. The van der Waals surface area contributed by atoms with E-state index in [0.717, 1.165) is 12.8 Å². The highest BCUT2D eigenvalue weighted by Crippen LogP contribution is 2.18. The molecule has 0 bridgehead atoms. The molecular formula is C19H27N3O2. The highest BCUT2D eigenvalue weighted by molar-refractivity contribution is 5.85. The van der Waals surface area contributed by atoms with Gasteiger partial charge in [-0.3, -0.25) is 4.79 Å². The van der Waals surface area contributed by atoms with Crippen LogP contribution in [0.15, 0.2) is 24.3 Å². The minimum Gasteiger partial charge on any atom is -0.352 e. The van der Waals surface area contributed by atoms with Gasteiger partial charge in [0.2, 0.25) is 5.91 Å². The van der Waals surface area contributed by atoms with E-state index in [2.05, 4.69) is 24.4 Å². The molecule has 1 aromatic rings. The van der Waals surface area contributed by atoms with E-state index in [-0.39, 0.29) is 18.5 Å². The van der Waals surface area contributed by atoms with Crippen LogP contribution in [0.25, 0.3) is 0 Å². The molecule has 1 heterocycles. The van der Waals surface area contributed by atoms with Gasteiger partial charge in [-0.15, -0.1) is 0 Å². The number of rotatable bonds is 5. The third-order valence-corrected chi connectivity index (χ3v) is 5.11. The Morgan fingerprint density at radius 3 is 2.58 bits per heavy atom. The molecule has 0 spiro atoms. The van der Waals surface area contributed by atoms with Gasteiger partial charge in [0.25, 0.3) is 0 Å². The van der Waals surface area contributed by atoms with Crippen LogP contribution in [-0.4, -0.2) is 47.4 Å². The SMILES string of the molecule is Cc1ccccc1CN1CCN(CC(=O)NC2CCCCC2)C1=O. The molecule has 2 fully saturated rings. The molecule has 0 atom stereocenters. The molecule has 3 amide bonds. The Balaban J connectivity index is 1.50. The van der Waals surface area contributed by atoms with E-state index in [4.69, 9.17) is 0 Å². The monoisotopic (exact) mass is 329 g/mol. The second-order valence-corrected chi connectivity index (χ2v) is 6.95. The minimum absolute atomic E-state index is 0.0204. The summed E-state index contributed by atoms with van der Waals surface area (Å²) in [5, 5.41) is 3.09. The van der Waals surface area contributed by atoms with Gasteiger partial charge < -0.3 is 15.1 Å². The number of carbonyl (C=O) groups is 2. The van der Waals surface area contributed by atoms with Crippen molar-refractivity contribution in [2.45, 2.75) is 51.6 Å². The predicted molar refractivity (Wildman–Crippen MR) is 93.6 cm³/mol. The standard InChI is InChI=1S/C19H27N3O2/c1-15-7-5-6-8-16(15)13-21-11-12-22(19(21)24)14-18(23)20-17-9-3-2-4-10-17/h5-8,17H,2-4,9-14H2,1H3,(H,20,23). The second kappa shape index (κ2) is 7.69. The maximum Gasteiger partial charge on any atom is 0.320 e. The number of hydrogen-bond acceptors (Lipinski definition) is 2. The third kappa shape index (κ3) is 4.08. The largest absolute Gasteiger partial charge is 0.352 e. The fraction of sp³-hybridized carbons (Fsp3) is 0.579. The zero-order chi connectivity index (χ0) is 16.9. The number of nitrogens with one attached hydrogen (secondary N) is 1. The van der Waals surface area contributed by atoms with Crippen LogP contribution in [0.1, 0.15) is 43.2 Å². The Labute approximate surface area is 144 Å². The van der Waals surface area contributed by atoms with Gasteiger partial charge in [0, 0.05) is 25.7 Å². The molecule has 130 valence electrons. The topological polar surface area (TPSA) is 52.6 Å². The molecule has 5 heteroatoms. The molecule has 1 N–H and O–H groups in total. The van der Waals surface area contributed by atoms with Crippen LogP contribution in [0.4, 0.5) is 4.79 Å². The Morgan fingerprint density at radius 2 is 1.83 bits per heavy atom. The molecular weight excluding hydrogens is 302 g/mol. The van der Waals surface area contributed by atoms with Crippen LogP contribution in [0, 0.1) is 6.92 Å². The number of nitrogens with zero attached hydrogens (tertiary/aromatic N) is 2. The molecule has 1 aromatic carbocycles. The maximum absolute atomic E-state index is 12.5. The van der Waals surface area contributed by atoms with Crippen LogP contribution in [0.5, 0.6) is 0 Å². The predicted octanol–water partition coefficient (Wildman–Crippen LogP) is 2.68. The Bertz CT molecular complexity index is 596. The number of hydrogen-bond donors (Lipinski definition) is 1. The lowest BCUT2D eigenvalue weighted by Gasteiger charge is -2.24. The van der Waals surface area contributed by atoms with Gasteiger partial charge >= 0.3 is 6.03 Å². The lowest BCUT2D eigenvalue weighted by Crippen LogP contribution is -2.44. The Kier molecular flexibility index (Phi) is 5.38. The van der Waals surface area contributed by atoms with E-state index in [1.165, 1.54) is 30.4 Å². The average molecular weight is 329 g/mol. The lowest BCUT2D eigenvalue weighted by atomic mass is 9.95. The van der Waals surface area contributed by atoms with Crippen molar-refractivity contribution < 1.29 is 9.59 Å². The molecule has 0 radical (unpaired) electrons. The van der Waals surface area contributed by atoms with Crippen molar-refractivity contribution in [3.63, 3.8) is 0 Å². The number of urea groups is 1. The summed E-state index contributed by atoms with van der Waals surface area (Å²) in [6.07, 6.45) is 5.79. The molecule has 2 aliphatic rings. The summed E-state index contributed by atoms with van der Waals surface area (Å²) in [6, 6.07) is 8.39. The summed E-state index contributed by atoms with van der Waals surface area (Å²) >= 11 is 0. The Hall–Kier alpha value is -2.04. The molecule has 3 rings (SSSR count). The highest BCUT2D eigenvalue weighted by Gasteiger charge is 2.30. The second-order valence-electron chi connectivity index (χ2n) is 6.95. The van der Waals surface area contributed by atoms with Crippen molar-refractivity contribution >= 4 is 11.9 Å². The van der Waals surface area contributed by atoms with Gasteiger partial charge in [-0.25, -0.2) is 4.79 Å². The van der Waals surface area contributed by atoms with Crippen LogP contribution >= 0.6 is 0 Å². The minimum atomic E-state index is -0.0305. The van der Waals surface area contributed by atoms with E-state index in [9.17, 15) is 9.59 Å². The average Bonchev–Trinajstić information content (AvgIpc) is 2.91. The van der Waals surface area contributed by atoms with Crippen molar-refractivity contribution in [2.75, 3.05) is 19.6 Å². The molecule has 1 aliphatic carbocycles. The fourth-order valence-electron chi connectivity index (χ4n) is 3.61. The highest BCUT2D eigenvalue weighted by atomic mass is 16.2. The summed E-state index contributed by atoms with van der Waals surface area (Å²) in [5.74, 6) is -0.0204. The van der Waals surface area contributed by atoms with Gasteiger partial charge in [-0.2, -0.15) is 0 Å². The smallest absolute Gasteiger partial charge is 0.320 e. The zero-order valence-corrected chi connectivity index (χ0v) is 14.5. The van der Waals surface area contributed by atoms with Crippen molar-refractivity contribution in [3.05, 3.63) is 35.4 Å². The normalized spacial score (nSPS) is 19.0. The first-order chi connectivity index (χ1) is 11.6. The molecule has 5 nitrogen and oxygen atoms in total. The molecule has 1 aliphatic heterocycles. The van der Waals surface area contributed by atoms with Gasteiger partial charge in [-0.1, -0.05) is 43.5 Å². The van der Waals surface area contributed by atoms with Crippen LogP contribution in [-0.2, 0) is 11.3 Å². The summed E-state index contributed by atoms with van der Waals surface area (Å²) < 4.78 is 0. The van der Waals surface area contributed by atoms with Crippen molar-refractivity contribution in [2.24, 2.45) is 0 Å². The first kappa shape index (κ1) is 16.8. The summed E-state index contributed by atoms with van der Waals surface area (Å²) in [5.41, 5.74) is 2.36. The summed E-state index contributed by atoms with van der Waals surface area (Å²) in [7, 11) is 0. The van der Waals surface area contributed by atoms with Gasteiger partial charge in [-0.05, 0) is 30.9 Å². The molecule has 1 saturated heterocycles. The molecule has 0 aromatic heterocycles. The van der Waals surface area contributed by atoms with E-state index in [1.54, 1.807) is 4.90 Å². The maximum atomic E-state index is 12.5. The van der Waals surface area contributed by atoms with Gasteiger partial charge in [0.05, 0.1) is 0 Å². The number of carbonyl (C=O) groups excluding carboxylic acids is 2. The Morgan fingerprint density at radius 1 is 1.12 bits per heavy atom. The van der Waals surface area contributed by atoms with E-state index in [0.29, 0.717) is 25.7 Å². The summed E-state index contributed by atoms with van der Waals surface area (Å²) in [4.78, 5) is 28.2. The van der Waals surface area contributed by atoms with E-state index >= 15 is 0 Å². The molecule has 24 heavy (non-hydrogen) atoms. The van der Waals surface area contributed by atoms with Gasteiger partial charge in [0.1, 0.15) is 6.54 Å². The summed E-state index contributed by atoms with van der Waals surface area (Å²) in [6.45, 7) is 4.17. The van der Waals surface area contributed by atoms with E-state index < -0.39 is 0 Å². The number of amides is 3. The van der Waals surface area contributed by atoms with Gasteiger partial charge in [0.15, 0.2) is 0 Å². The number of aryl methyl sites for hydroxylation is 1. The quantitative estimate of drug-likeness (QED) is 0.903. The lowest BCUT2D eigenvalue weighted by molar-refractivity contribution is -0.122. The first-order valence-corrected chi connectivity index (χ1v) is 9.01. The first-order valence-electron chi connectivity index (χ1n) is 9.01. The van der Waals surface area contributed by atoms with Crippen molar-refractivity contribution in [1.82, 2.24) is 15.1 Å².